The number of aromatic nitrogens is 4. The van der Waals surface area contributed by atoms with Crippen LogP contribution >= 0.6 is 0 Å². The van der Waals surface area contributed by atoms with Crippen molar-refractivity contribution >= 4 is 23.4 Å². The molecule has 1 atom stereocenters. The molecule has 0 spiro atoms. The molecule has 0 saturated heterocycles. The van der Waals surface area contributed by atoms with E-state index < -0.39 is 0 Å². The van der Waals surface area contributed by atoms with E-state index in [1.807, 2.05) is 43.6 Å². The van der Waals surface area contributed by atoms with Crippen LogP contribution in [0.15, 0.2) is 48.9 Å². The van der Waals surface area contributed by atoms with Crippen molar-refractivity contribution in [1.82, 2.24) is 20.2 Å². The molecular formula is C21H23N7. The Morgan fingerprint density at radius 2 is 1.93 bits per heavy atom. The van der Waals surface area contributed by atoms with Gasteiger partial charge in [-0.15, -0.1) is 5.10 Å². The van der Waals surface area contributed by atoms with Crippen molar-refractivity contribution in [3.63, 3.8) is 0 Å². The molecule has 0 saturated carbocycles. The summed E-state index contributed by atoms with van der Waals surface area (Å²) in [5.74, 6) is 1.97. The number of pyridine rings is 2. The van der Waals surface area contributed by atoms with Gasteiger partial charge in [0.05, 0.1) is 17.6 Å². The van der Waals surface area contributed by atoms with Crippen LogP contribution in [-0.2, 0) is 0 Å². The molecule has 7 nitrogen and oxygen atoms in total. The minimum Gasteiger partial charge on any atom is -0.373 e. The zero-order valence-corrected chi connectivity index (χ0v) is 16.1. The Balaban J connectivity index is 1.55. The smallest absolute Gasteiger partial charge is 0.150 e. The van der Waals surface area contributed by atoms with Gasteiger partial charge in [0.1, 0.15) is 12.0 Å². The van der Waals surface area contributed by atoms with Crippen molar-refractivity contribution in [1.29, 1.82) is 0 Å². The zero-order valence-electron chi connectivity index (χ0n) is 16.1. The molecule has 1 aliphatic rings. The molecular weight excluding hydrogens is 350 g/mol. The van der Waals surface area contributed by atoms with E-state index in [2.05, 4.69) is 56.0 Å². The quantitative estimate of drug-likeness (QED) is 0.623. The highest BCUT2D eigenvalue weighted by atomic mass is 15.2. The number of hydrogen-bond acceptors (Lipinski definition) is 7. The van der Waals surface area contributed by atoms with Crippen LogP contribution in [0.4, 0.5) is 17.3 Å². The lowest BCUT2D eigenvalue weighted by Crippen LogP contribution is -2.29. The molecule has 0 aliphatic carbocycles. The van der Waals surface area contributed by atoms with Gasteiger partial charge < -0.3 is 16.0 Å². The molecule has 3 N–H and O–H groups in total. The molecule has 142 valence electrons. The van der Waals surface area contributed by atoms with Crippen molar-refractivity contribution in [3.05, 3.63) is 60.2 Å². The first kappa shape index (κ1) is 17.9. The fourth-order valence-corrected chi connectivity index (χ4v) is 3.04. The summed E-state index contributed by atoms with van der Waals surface area (Å²) >= 11 is 0. The summed E-state index contributed by atoms with van der Waals surface area (Å²) in [6.45, 7) is 4.28. The molecule has 3 aromatic heterocycles. The number of nitrogens with zero attached hydrogens (tertiary/aromatic N) is 4. The van der Waals surface area contributed by atoms with Crippen molar-refractivity contribution in [2.24, 2.45) is 0 Å². The predicted octanol–water partition coefficient (Wildman–Crippen LogP) is 3.98. The molecule has 3 aromatic rings. The third-order valence-electron chi connectivity index (χ3n) is 4.67. The van der Waals surface area contributed by atoms with Gasteiger partial charge in [0.15, 0.2) is 5.82 Å². The highest BCUT2D eigenvalue weighted by Gasteiger charge is 2.15. The van der Waals surface area contributed by atoms with Crippen LogP contribution in [-0.4, -0.2) is 33.4 Å². The highest BCUT2D eigenvalue weighted by Crippen LogP contribution is 2.28. The number of nitrogens with one attached hydrogen (secondary N) is 3. The molecule has 0 bridgehead atoms. The number of hydrogen-bond donors (Lipinski definition) is 3. The highest BCUT2D eigenvalue weighted by molar-refractivity contribution is 5.76. The van der Waals surface area contributed by atoms with Crippen molar-refractivity contribution in [2.45, 2.75) is 25.9 Å². The van der Waals surface area contributed by atoms with E-state index in [1.54, 1.807) is 12.4 Å². The average Bonchev–Trinajstić information content (AvgIpc) is 2.73. The molecule has 4 heterocycles. The second-order valence-electron chi connectivity index (χ2n) is 6.99. The molecule has 7 heteroatoms. The summed E-state index contributed by atoms with van der Waals surface area (Å²) in [6.07, 6.45) is 9.43. The van der Waals surface area contributed by atoms with Crippen LogP contribution in [0.5, 0.6) is 0 Å². The van der Waals surface area contributed by atoms with Gasteiger partial charge in [-0.25, -0.2) is 4.98 Å². The summed E-state index contributed by atoms with van der Waals surface area (Å²) < 4.78 is 0. The second-order valence-corrected chi connectivity index (χ2v) is 6.99. The minimum atomic E-state index is -0.0911. The van der Waals surface area contributed by atoms with Crippen molar-refractivity contribution < 1.29 is 0 Å². The second kappa shape index (κ2) is 7.64. The Kier molecular flexibility index (Phi) is 4.89. The van der Waals surface area contributed by atoms with E-state index in [1.165, 1.54) is 0 Å². The van der Waals surface area contributed by atoms with E-state index in [0.717, 1.165) is 39.7 Å². The Morgan fingerprint density at radius 1 is 1.04 bits per heavy atom. The maximum Gasteiger partial charge on any atom is 0.150 e. The summed E-state index contributed by atoms with van der Waals surface area (Å²) in [5.41, 5.74) is 5.12. The Hall–Kier alpha value is -3.48. The first-order valence-electron chi connectivity index (χ1n) is 9.30. The number of anilines is 3. The number of fused-ring (bicyclic) bond motifs is 1. The maximum atomic E-state index is 4.58. The lowest BCUT2D eigenvalue weighted by Gasteiger charge is -2.23. The van der Waals surface area contributed by atoms with Gasteiger partial charge in [0.2, 0.25) is 0 Å². The normalized spacial score (nSPS) is 15.1. The van der Waals surface area contributed by atoms with Crippen LogP contribution in [0.25, 0.3) is 17.2 Å². The molecule has 28 heavy (non-hydrogen) atoms. The standard InChI is InChI=1S/C21H23N7/c1-13(2)15-10-21(28-25-12-15)27-19-5-4-17-18(26-19)8-16(11-24-17)14-6-7-23-20(9-14)22-3/h4-13,19,26H,1-3H3,(H,22,23)(H,27,28). The molecule has 0 aromatic carbocycles. The van der Waals surface area contributed by atoms with Crippen LogP contribution in [0.3, 0.4) is 0 Å². The van der Waals surface area contributed by atoms with Crippen molar-refractivity contribution in [2.75, 3.05) is 23.0 Å². The van der Waals surface area contributed by atoms with Crippen LogP contribution in [0.2, 0.25) is 0 Å². The average molecular weight is 373 g/mol. The Bertz CT molecular complexity index is 1010. The molecule has 1 aliphatic heterocycles. The van der Waals surface area contributed by atoms with Crippen LogP contribution in [0.1, 0.15) is 31.0 Å². The topological polar surface area (TPSA) is 87.7 Å². The monoisotopic (exact) mass is 373 g/mol. The van der Waals surface area contributed by atoms with Crippen molar-refractivity contribution in [3.8, 4) is 11.1 Å². The van der Waals surface area contributed by atoms with E-state index in [-0.39, 0.29) is 6.17 Å². The minimum absolute atomic E-state index is 0.0911. The third kappa shape index (κ3) is 3.78. The SMILES string of the molecule is CNc1cc(-c2cnc3c(c2)NC(Nc2cc(C(C)C)cnn2)C=C3)ccn1. The summed E-state index contributed by atoms with van der Waals surface area (Å²) in [4.78, 5) is 8.85. The lowest BCUT2D eigenvalue weighted by molar-refractivity contribution is 0.837. The maximum absolute atomic E-state index is 4.58. The lowest BCUT2D eigenvalue weighted by atomic mass is 10.1. The largest absolute Gasteiger partial charge is 0.373 e. The van der Waals surface area contributed by atoms with Gasteiger partial charge in [-0.3, -0.25) is 4.98 Å². The van der Waals surface area contributed by atoms with Gasteiger partial charge in [-0.05, 0) is 53.5 Å². The molecule has 0 radical (unpaired) electrons. The van der Waals surface area contributed by atoms with Gasteiger partial charge in [-0.2, -0.15) is 5.10 Å². The van der Waals surface area contributed by atoms with Gasteiger partial charge in [-0.1, -0.05) is 13.8 Å². The van der Waals surface area contributed by atoms with Gasteiger partial charge in [0.25, 0.3) is 0 Å². The zero-order chi connectivity index (χ0) is 19.5. The third-order valence-corrected chi connectivity index (χ3v) is 4.67. The molecule has 0 amide bonds. The van der Waals surface area contributed by atoms with E-state index in [0.29, 0.717) is 5.92 Å². The molecule has 1 unspecified atom stereocenters. The van der Waals surface area contributed by atoms with E-state index >= 15 is 0 Å². The Labute approximate surface area is 164 Å². The van der Waals surface area contributed by atoms with E-state index in [9.17, 15) is 0 Å². The van der Waals surface area contributed by atoms with Crippen LogP contribution < -0.4 is 16.0 Å². The fourth-order valence-electron chi connectivity index (χ4n) is 3.04. The van der Waals surface area contributed by atoms with E-state index in [4.69, 9.17) is 0 Å². The number of rotatable bonds is 5. The summed E-state index contributed by atoms with van der Waals surface area (Å²) in [6, 6.07) is 8.12. The molecule has 0 fully saturated rings. The first-order chi connectivity index (χ1) is 13.6. The fraction of sp³-hybridized carbons (Fsp3) is 0.238. The van der Waals surface area contributed by atoms with Crippen LogP contribution in [0, 0.1) is 0 Å². The molecule has 4 rings (SSSR count). The summed E-state index contributed by atoms with van der Waals surface area (Å²) in [5, 5.41) is 18.2. The first-order valence-corrected chi connectivity index (χ1v) is 9.30. The van der Waals surface area contributed by atoms with Gasteiger partial charge in [0, 0.05) is 25.0 Å². The summed E-state index contributed by atoms with van der Waals surface area (Å²) in [7, 11) is 1.86. The Morgan fingerprint density at radius 3 is 2.75 bits per heavy atom. The van der Waals surface area contributed by atoms with Gasteiger partial charge >= 0.3 is 0 Å². The predicted molar refractivity (Wildman–Crippen MR) is 113 cm³/mol.